The molecule has 0 aromatic carbocycles. The van der Waals surface area contributed by atoms with Crippen LogP contribution in [0, 0.1) is 17.8 Å². The number of amides is 2. The van der Waals surface area contributed by atoms with E-state index in [1.807, 2.05) is 18.6 Å². The Morgan fingerprint density at radius 3 is 2.53 bits per heavy atom. The van der Waals surface area contributed by atoms with Crippen LogP contribution in [0.5, 0.6) is 5.88 Å². The van der Waals surface area contributed by atoms with Crippen LogP contribution in [-0.2, 0) is 16.4 Å². The lowest BCUT2D eigenvalue weighted by Gasteiger charge is -2.28. The van der Waals surface area contributed by atoms with Crippen molar-refractivity contribution in [2.75, 3.05) is 13.2 Å². The van der Waals surface area contributed by atoms with Gasteiger partial charge in [0.05, 0.1) is 18.1 Å². The van der Waals surface area contributed by atoms with Crippen LogP contribution in [-0.4, -0.2) is 75.0 Å². The lowest BCUT2D eigenvalue weighted by molar-refractivity contribution is -0.151. The number of carboxylic acid groups (broad SMARTS) is 1. The van der Waals surface area contributed by atoms with Gasteiger partial charge in [-0.1, -0.05) is 24.4 Å². The van der Waals surface area contributed by atoms with Crippen molar-refractivity contribution in [2.24, 2.45) is 17.8 Å². The fraction of sp³-hybridized carbons (Fsp3) is 0.531. The predicted octanol–water partition coefficient (Wildman–Crippen LogP) is 6.28. The molecule has 266 valence electrons. The van der Waals surface area contributed by atoms with Gasteiger partial charge in [-0.3, -0.25) is 9.78 Å². The van der Waals surface area contributed by atoms with Gasteiger partial charge in [-0.05, 0) is 88.5 Å². The maximum absolute atomic E-state index is 12.9. The molecule has 3 aromatic rings. The highest BCUT2D eigenvalue weighted by molar-refractivity contribution is 7.90. The molecule has 12 nitrogen and oxygen atoms in total. The second-order valence-corrected chi connectivity index (χ2v) is 15.2. The molecule has 2 N–H and O–H groups in total. The average Bonchev–Trinajstić information content (AvgIpc) is 3.54. The first-order chi connectivity index (χ1) is 23.0. The Balaban J connectivity index is 1.07. The second-order valence-electron chi connectivity index (χ2n) is 13.2. The Morgan fingerprint density at radius 2 is 1.90 bits per heavy atom. The number of nitrogens with one attached hydrogen (secondary N) is 1. The number of aromatic nitrogens is 4. The predicted molar refractivity (Wildman–Crippen MR) is 172 cm³/mol. The van der Waals surface area contributed by atoms with Gasteiger partial charge in [0.25, 0.3) is 15.9 Å². The zero-order valence-corrected chi connectivity index (χ0v) is 28.6. The fourth-order valence-electron chi connectivity index (χ4n) is 6.30. The van der Waals surface area contributed by atoms with Crippen LogP contribution in [0.3, 0.4) is 0 Å². The molecule has 0 spiro atoms. The molecule has 1 aliphatic carbocycles. The van der Waals surface area contributed by atoms with Crippen LogP contribution < -0.4 is 9.46 Å². The molecule has 17 heteroatoms. The van der Waals surface area contributed by atoms with Crippen molar-refractivity contribution in [2.45, 2.75) is 81.8 Å². The Labute approximate surface area is 287 Å². The fourth-order valence-corrected chi connectivity index (χ4v) is 7.45. The highest BCUT2D eigenvalue weighted by atomic mass is 35.5. The first-order valence-corrected chi connectivity index (χ1v) is 17.8. The molecule has 2 aliphatic rings. The van der Waals surface area contributed by atoms with E-state index in [0.717, 1.165) is 32.1 Å². The molecule has 3 aromatic heterocycles. The van der Waals surface area contributed by atoms with Crippen LogP contribution in [0.25, 0.3) is 5.82 Å². The quantitative estimate of drug-likeness (QED) is 0.144. The lowest BCUT2D eigenvalue weighted by atomic mass is 9.92. The van der Waals surface area contributed by atoms with E-state index in [9.17, 15) is 36.3 Å². The Kier molecular flexibility index (Phi) is 10.8. The van der Waals surface area contributed by atoms with E-state index >= 15 is 0 Å². The third kappa shape index (κ3) is 9.21. The summed E-state index contributed by atoms with van der Waals surface area (Å²) >= 11 is 6.22. The molecular weight excluding hydrogens is 689 g/mol. The number of halogens is 4. The summed E-state index contributed by atoms with van der Waals surface area (Å²) in [5.74, 6) is -2.00. The van der Waals surface area contributed by atoms with Crippen LogP contribution in [0.4, 0.5) is 18.0 Å². The molecule has 4 heterocycles. The van der Waals surface area contributed by atoms with E-state index in [1.54, 1.807) is 6.07 Å². The van der Waals surface area contributed by atoms with Crippen molar-refractivity contribution in [1.29, 1.82) is 0 Å². The van der Waals surface area contributed by atoms with Gasteiger partial charge in [0.2, 0.25) is 5.88 Å². The number of nitrogens with zero attached hydrogens (tertiary/aromatic N) is 5. The summed E-state index contributed by atoms with van der Waals surface area (Å²) in [6.45, 7) is 4.53. The summed E-state index contributed by atoms with van der Waals surface area (Å²) in [7, 11) is -4.27. The standard InChI is InChI=1S/C32H38ClF3N6O6S/c1-31(2)17-20(19-41(31)30(44)45)6-4-3-5-7-22-8-9-23(18-37-22)49(46,47)40-29(43)24-10-11-26(38-28(24)33)42-14-12-27(39-42)48-15-13-21-16-25(21)32(34,35)36/h8-12,14,18,20-21,25H,3-7,13,15-17,19H2,1-2H3,(H,40,43)(H,44,45). The average molecular weight is 727 g/mol. The number of unbranched alkanes of at least 4 members (excludes halogenated alkanes) is 2. The van der Waals surface area contributed by atoms with Crippen molar-refractivity contribution >= 4 is 33.6 Å². The molecule has 49 heavy (non-hydrogen) atoms. The summed E-state index contributed by atoms with van der Waals surface area (Å²) in [5.41, 5.74) is 0.162. The topological polar surface area (TPSA) is 157 Å². The summed E-state index contributed by atoms with van der Waals surface area (Å²) in [6, 6.07) is 7.17. The van der Waals surface area contributed by atoms with Crippen molar-refractivity contribution < 1.29 is 41.0 Å². The van der Waals surface area contributed by atoms with E-state index in [2.05, 4.69) is 15.1 Å². The normalized spacial score (nSPS) is 20.3. The molecule has 0 bridgehead atoms. The molecule has 5 rings (SSSR count). The largest absolute Gasteiger partial charge is 0.477 e. The van der Waals surface area contributed by atoms with Crippen LogP contribution in [0.1, 0.15) is 74.8 Å². The summed E-state index contributed by atoms with van der Waals surface area (Å²) in [4.78, 5) is 34.0. The van der Waals surface area contributed by atoms with Crippen LogP contribution in [0.2, 0.25) is 5.15 Å². The number of sulfonamides is 1. The molecular formula is C32H38ClF3N6O6S. The molecule has 1 saturated heterocycles. The van der Waals surface area contributed by atoms with Gasteiger partial charge in [-0.2, -0.15) is 13.2 Å². The van der Waals surface area contributed by atoms with Gasteiger partial charge in [0.1, 0.15) is 10.0 Å². The maximum atomic E-state index is 12.9. The summed E-state index contributed by atoms with van der Waals surface area (Å²) < 4.78 is 72.6. The van der Waals surface area contributed by atoms with Gasteiger partial charge in [-0.15, -0.1) is 5.10 Å². The van der Waals surface area contributed by atoms with E-state index < -0.39 is 40.0 Å². The van der Waals surface area contributed by atoms with E-state index in [0.29, 0.717) is 24.6 Å². The number of ether oxygens (including phenoxy) is 1. The molecule has 3 atom stereocenters. The third-order valence-corrected chi connectivity index (χ3v) is 10.6. The molecule has 2 amide bonds. The number of aryl methyl sites for hydroxylation is 1. The van der Waals surface area contributed by atoms with Crippen molar-refractivity contribution in [3.63, 3.8) is 0 Å². The molecule has 1 saturated carbocycles. The lowest BCUT2D eigenvalue weighted by Crippen LogP contribution is -2.41. The number of carbonyl (C=O) groups excluding carboxylic acids is 1. The monoisotopic (exact) mass is 726 g/mol. The minimum atomic E-state index is -4.27. The third-order valence-electron chi connectivity index (χ3n) is 9.03. The number of alkyl halides is 3. The van der Waals surface area contributed by atoms with Gasteiger partial charge >= 0.3 is 12.3 Å². The number of carbonyl (C=O) groups is 2. The summed E-state index contributed by atoms with van der Waals surface area (Å²) in [5, 5.41) is 13.3. The van der Waals surface area contributed by atoms with Crippen molar-refractivity contribution in [3.05, 3.63) is 59.1 Å². The SMILES string of the molecule is CC1(C)CC(CCCCCc2ccc(S(=O)(=O)NC(=O)c3ccc(-n4ccc(OCCC5CC5C(F)(F)F)n4)nc3Cl)cn2)CN1C(=O)O. The van der Waals surface area contributed by atoms with Gasteiger partial charge in [-0.25, -0.2) is 27.6 Å². The van der Waals surface area contributed by atoms with Gasteiger partial charge < -0.3 is 14.7 Å². The van der Waals surface area contributed by atoms with Gasteiger partial charge in [0.15, 0.2) is 5.82 Å². The Morgan fingerprint density at radius 1 is 1.12 bits per heavy atom. The minimum Gasteiger partial charge on any atom is -0.477 e. The molecule has 3 unspecified atom stereocenters. The summed E-state index contributed by atoms with van der Waals surface area (Å²) in [6.07, 6.45) is 3.14. The number of likely N-dealkylation sites (tertiary alicyclic amines) is 1. The van der Waals surface area contributed by atoms with E-state index in [1.165, 1.54) is 46.2 Å². The smallest absolute Gasteiger partial charge is 0.407 e. The molecule has 2 fully saturated rings. The molecule has 0 radical (unpaired) electrons. The Bertz CT molecular complexity index is 1770. The second kappa shape index (κ2) is 14.5. The van der Waals surface area contributed by atoms with Crippen molar-refractivity contribution in [3.8, 4) is 11.7 Å². The number of hydrogen-bond acceptors (Lipinski definition) is 8. The van der Waals surface area contributed by atoms with E-state index in [-0.39, 0.29) is 52.3 Å². The molecule has 1 aliphatic heterocycles. The van der Waals surface area contributed by atoms with Crippen LogP contribution >= 0.6 is 11.6 Å². The highest BCUT2D eigenvalue weighted by Gasteiger charge is 2.55. The van der Waals surface area contributed by atoms with Gasteiger partial charge in [0, 0.05) is 36.2 Å². The number of rotatable bonds is 14. The minimum absolute atomic E-state index is 0.0748. The highest BCUT2D eigenvalue weighted by Crippen LogP contribution is 2.51. The zero-order valence-electron chi connectivity index (χ0n) is 27.0. The first kappa shape index (κ1) is 36.4. The van der Waals surface area contributed by atoms with Crippen LogP contribution in [0.15, 0.2) is 47.6 Å². The number of pyridine rings is 2. The first-order valence-electron chi connectivity index (χ1n) is 16.0. The zero-order chi connectivity index (χ0) is 35.6. The maximum Gasteiger partial charge on any atom is 0.407 e. The van der Waals surface area contributed by atoms with Crippen molar-refractivity contribution in [1.82, 2.24) is 29.4 Å². The van der Waals surface area contributed by atoms with E-state index in [4.69, 9.17) is 16.3 Å². The number of hydrogen-bond donors (Lipinski definition) is 2. The Hall–Kier alpha value is -3.92.